The van der Waals surface area contributed by atoms with Crippen LogP contribution in [0.2, 0.25) is 0 Å². The zero-order valence-corrected chi connectivity index (χ0v) is 16.7. The molecule has 6 nitrogen and oxygen atoms in total. The van der Waals surface area contributed by atoms with Crippen molar-refractivity contribution in [3.05, 3.63) is 12.7 Å². The predicted octanol–water partition coefficient (Wildman–Crippen LogP) is 2.56. The number of likely N-dealkylation sites (tertiary alicyclic amines) is 1. The molecule has 1 amide bonds. The zero-order valence-electron chi connectivity index (χ0n) is 16.7. The molecular formula is C21H33N5O. The summed E-state index contributed by atoms with van der Waals surface area (Å²) in [5, 5.41) is 8.12. The lowest BCUT2D eigenvalue weighted by Crippen LogP contribution is -2.66. The fraction of sp³-hybridized carbons (Fsp3) is 0.857. The molecule has 2 heterocycles. The van der Waals surface area contributed by atoms with E-state index in [1.807, 2.05) is 6.33 Å². The van der Waals surface area contributed by atoms with Gasteiger partial charge in [-0.1, -0.05) is 0 Å². The molecule has 1 aromatic heterocycles. The average Bonchev–Trinajstić information content (AvgIpc) is 3.16. The van der Waals surface area contributed by atoms with Gasteiger partial charge in [-0.2, -0.15) is 5.10 Å². The van der Waals surface area contributed by atoms with Crippen molar-refractivity contribution in [2.45, 2.75) is 82.3 Å². The summed E-state index contributed by atoms with van der Waals surface area (Å²) >= 11 is 0. The maximum Gasteiger partial charge on any atom is 0.223 e. The van der Waals surface area contributed by atoms with E-state index >= 15 is 0 Å². The highest BCUT2D eigenvalue weighted by Crippen LogP contribution is 2.60. The van der Waals surface area contributed by atoms with Crippen molar-refractivity contribution in [2.75, 3.05) is 13.1 Å². The summed E-state index contributed by atoms with van der Waals surface area (Å²) in [6.45, 7) is 6.60. The second-order valence-electron chi connectivity index (χ2n) is 10.2. The lowest BCUT2D eigenvalue weighted by molar-refractivity contribution is -0.135. The summed E-state index contributed by atoms with van der Waals surface area (Å²) < 4.78 is 2.12. The predicted molar refractivity (Wildman–Crippen MR) is 103 cm³/mol. The topological polar surface area (TPSA) is 63.1 Å². The van der Waals surface area contributed by atoms with E-state index in [2.05, 4.69) is 38.8 Å². The maximum absolute atomic E-state index is 13.2. The Labute approximate surface area is 162 Å². The van der Waals surface area contributed by atoms with Crippen LogP contribution in [0.15, 0.2) is 12.7 Å². The van der Waals surface area contributed by atoms with E-state index in [0.29, 0.717) is 11.9 Å². The third-order valence-corrected chi connectivity index (χ3v) is 7.95. The van der Waals surface area contributed by atoms with Gasteiger partial charge >= 0.3 is 0 Å². The van der Waals surface area contributed by atoms with Crippen LogP contribution in [0.5, 0.6) is 0 Å². The molecule has 1 aromatic rings. The van der Waals surface area contributed by atoms with E-state index in [1.54, 1.807) is 6.33 Å². The summed E-state index contributed by atoms with van der Waals surface area (Å²) in [6.07, 6.45) is 12.7. The number of rotatable bonds is 4. The van der Waals surface area contributed by atoms with Gasteiger partial charge in [0.2, 0.25) is 5.91 Å². The number of nitrogens with one attached hydrogen (secondary N) is 1. The minimum absolute atomic E-state index is 0.0116. The molecule has 27 heavy (non-hydrogen) atoms. The van der Waals surface area contributed by atoms with Gasteiger partial charge in [0.15, 0.2) is 0 Å². The Bertz CT molecular complexity index is 677. The Morgan fingerprint density at radius 1 is 1.15 bits per heavy atom. The second kappa shape index (κ2) is 6.29. The first-order valence-corrected chi connectivity index (χ1v) is 10.9. The van der Waals surface area contributed by atoms with Crippen LogP contribution in [-0.2, 0) is 10.3 Å². The van der Waals surface area contributed by atoms with Crippen molar-refractivity contribution in [3.63, 3.8) is 0 Å². The third-order valence-electron chi connectivity index (χ3n) is 7.95. The van der Waals surface area contributed by atoms with Crippen LogP contribution in [0.4, 0.5) is 0 Å². The molecule has 4 saturated carbocycles. The molecule has 5 aliphatic rings. The van der Waals surface area contributed by atoms with Crippen molar-refractivity contribution in [1.29, 1.82) is 0 Å². The number of carbonyl (C=O) groups excluding carboxylic acids is 1. The number of nitrogens with zero attached hydrogens (tertiary/aromatic N) is 4. The number of amides is 1. The van der Waals surface area contributed by atoms with Gasteiger partial charge in [-0.05, 0) is 90.1 Å². The number of carbonyl (C=O) groups is 1. The monoisotopic (exact) mass is 371 g/mol. The summed E-state index contributed by atoms with van der Waals surface area (Å²) in [5.74, 6) is 1.95. The highest BCUT2D eigenvalue weighted by atomic mass is 16.2. The number of piperidine rings is 1. The summed E-state index contributed by atoms with van der Waals surface area (Å²) in [5.41, 5.74) is 0.0666. The summed E-state index contributed by atoms with van der Waals surface area (Å²) in [4.78, 5) is 19.9. The molecule has 1 N–H and O–H groups in total. The minimum atomic E-state index is -0.0116. The van der Waals surface area contributed by atoms with Gasteiger partial charge in [0.1, 0.15) is 12.7 Å². The number of hydrogen-bond donors (Lipinski definition) is 1. The van der Waals surface area contributed by atoms with Gasteiger partial charge in [-0.15, -0.1) is 0 Å². The number of aromatic nitrogens is 3. The zero-order chi connectivity index (χ0) is 18.6. The molecule has 6 rings (SSSR count). The largest absolute Gasteiger partial charge is 0.350 e. The van der Waals surface area contributed by atoms with Crippen molar-refractivity contribution in [3.8, 4) is 0 Å². The van der Waals surface area contributed by atoms with E-state index in [9.17, 15) is 4.79 Å². The Balaban J connectivity index is 1.31. The molecule has 0 radical (unpaired) electrons. The van der Waals surface area contributed by atoms with Gasteiger partial charge in [0.25, 0.3) is 0 Å². The molecule has 5 fully saturated rings. The Hall–Kier alpha value is -1.43. The van der Waals surface area contributed by atoms with Crippen LogP contribution >= 0.6 is 0 Å². The van der Waals surface area contributed by atoms with Gasteiger partial charge in [0.05, 0.1) is 5.54 Å². The van der Waals surface area contributed by atoms with E-state index < -0.39 is 0 Å². The fourth-order valence-corrected chi connectivity index (χ4v) is 7.12. The molecule has 0 aromatic carbocycles. The van der Waals surface area contributed by atoms with Crippen molar-refractivity contribution < 1.29 is 4.79 Å². The van der Waals surface area contributed by atoms with Crippen LogP contribution < -0.4 is 5.32 Å². The first-order chi connectivity index (χ1) is 13.0. The molecule has 2 atom stereocenters. The van der Waals surface area contributed by atoms with E-state index in [-0.39, 0.29) is 17.0 Å². The summed E-state index contributed by atoms with van der Waals surface area (Å²) in [7, 11) is 0. The lowest BCUT2D eigenvalue weighted by atomic mass is 9.50. The van der Waals surface area contributed by atoms with Gasteiger partial charge in [-0.3, -0.25) is 4.79 Å². The minimum Gasteiger partial charge on any atom is -0.350 e. The Morgan fingerprint density at radius 3 is 2.44 bits per heavy atom. The summed E-state index contributed by atoms with van der Waals surface area (Å²) in [6, 6.07) is 0.583. The standard InChI is InChI=1S/C21H33N5O/c1-15(2)25-5-3-18(4-6-25)19(27)24-20-8-16-7-17(9-20)11-21(10-16,12-20)26-14-22-13-23-26/h13-18H,3-12H2,1-2H3,(H,24,27). The second-order valence-corrected chi connectivity index (χ2v) is 10.2. The number of hydrogen-bond acceptors (Lipinski definition) is 4. The molecule has 4 aliphatic carbocycles. The van der Waals surface area contributed by atoms with E-state index in [4.69, 9.17) is 0 Å². The van der Waals surface area contributed by atoms with Gasteiger partial charge in [0, 0.05) is 17.5 Å². The smallest absolute Gasteiger partial charge is 0.223 e. The van der Waals surface area contributed by atoms with Crippen molar-refractivity contribution in [1.82, 2.24) is 25.0 Å². The van der Waals surface area contributed by atoms with Crippen molar-refractivity contribution in [2.24, 2.45) is 17.8 Å². The fourth-order valence-electron chi connectivity index (χ4n) is 7.12. The molecule has 4 bridgehead atoms. The molecule has 148 valence electrons. The van der Waals surface area contributed by atoms with Gasteiger partial charge in [-0.25, -0.2) is 9.67 Å². The molecule has 1 saturated heterocycles. The maximum atomic E-state index is 13.2. The molecule has 6 heteroatoms. The molecule has 2 unspecified atom stereocenters. The lowest BCUT2D eigenvalue weighted by Gasteiger charge is -2.62. The highest BCUT2D eigenvalue weighted by molar-refractivity contribution is 5.79. The molecule has 0 spiro atoms. The van der Waals surface area contributed by atoms with Gasteiger partial charge < -0.3 is 10.2 Å². The van der Waals surface area contributed by atoms with Crippen LogP contribution in [0.25, 0.3) is 0 Å². The first kappa shape index (κ1) is 17.7. The molecule has 1 aliphatic heterocycles. The molecular weight excluding hydrogens is 338 g/mol. The average molecular weight is 372 g/mol. The van der Waals surface area contributed by atoms with Crippen molar-refractivity contribution >= 4 is 5.91 Å². The van der Waals surface area contributed by atoms with Crippen LogP contribution in [0.3, 0.4) is 0 Å². The first-order valence-electron chi connectivity index (χ1n) is 10.9. The third kappa shape index (κ3) is 3.00. The van der Waals surface area contributed by atoms with E-state index in [1.165, 1.54) is 19.3 Å². The van der Waals surface area contributed by atoms with Crippen LogP contribution in [0.1, 0.15) is 65.2 Å². The highest BCUT2D eigenvalue weighted by Gasteiger charge is 2.59. The normalized spacial score (nSPS) is 39.2. The van der Waals surface area contributed by atoms with Crippen LogP contribution in [0, 0.1) is 17.8 Å². The van der Waals surface area contributed by atoms with Crippen LogP contribution in [-0.4, -0.2) is 50.2 Å². The Kier molecular flexibility index (Phi) is 4.12. The van der Waals surface area contributed by atoms with E-state index in [0.717, 1.165) is 57.0 Å². The quantitative estimate of drug-likeness (QED) is 0.884. The SMILES string of the molecule is CC(C)N1CCC(C(=O)NC23CC4CC(C2)CC(n2cncn2)(C4)C3)CC1. The Morgan fingerprint density at radius 2 is 1.85 bits per heavy atom.